The minimum absolute atomic E-state index is 0.0492. The number of rotatable bonds is 1. The second-order valence-corrected chi connectivity index (χ2v) is 3.72. The SMILES string of the molecule is C#Cc1cc(C2CC2)ccc1C(F)(F)F. The van der Waals surface area contributed by atoms with Gasteiger partial charge < -0.3 is 0 Å². The Kier molecular flexibility index (Phi) is 2.22. The highest BCUT2D eigenvalue weighted by molar-refractivity contribution is 5.45. The van der Waals surface area contributed by atoms with Crippen molar-refractivity contribution in [2.24, 2.45) is 0 Å². The van der Waals surface area contributed by atoms with Gasteiger partial charge >= 0.3 is 6.18 Å². The molecule has 0 radical (unpaired) electrons. The number of hydrogen-bond acceptors (Lipinski definition) is 0. The van der Waals surface area contributed by atoms with Crippen molar-refractivity contribution in [3.63, 3.8) is 0 Å². The summed E-state index contributed by atoms with van der Waals surface area (Å²) >= 11 is 0. The van der Waals surface area contributed by atoms with Crippen molar-refractivity contribution in [2.45, 2.75) is 24.9 Å². The molecule has 0 nitrogen and oxygen atoms in total. The summed E-state index contributed by atoms with van der Waals surface area (Å²) in [6.07, 6.45) is 2.83. The van der Waals surface area contributed by atoms with Crippen LogP contribution in [0.25, 0.3) is 0 Å². The Balaban J connectivity index is 2.45. The molecule has 1 saturated carbocycles. The molecule has 1 aliphatic carbocycles. The fraction of sp³-hybridized carbons (Fsp3) is 0.333. The average Bonchev–Trinajstić information content (AvgIpc) is 2.98. The van der Waals surface area contributed by atoms with Crippen LogP contribution in [-0.2, 0) is 6.18 Å². The minimum atomic E-state index is -4.36. The third-order valence-corrected chi connectivity index (χ3v) is 2.55. The van der Waals surface area contributed by atoms with Gasteiger partial charge in [-0.25, -0.2) is 0 Å². The maximum atomic E-state index is 12.5. The molecule has 0 heterocycles. The predicted molar refractivity (Wildman–Crippen MR) is 51.4 cm³/mol. The van der Waals surface area contributed by atoms with Crippen LogP contribution in [0.15, 0.2) is 18.2 Å². The summed E-state index contributed by atoms with van der Waals surface area (Å²) in [5, 5.41) is 0. The van der Waals surface area contributed by atoms with Crippen molar-refractivity contribution in [2.75, 3.05) is 0 Å². The molecular formula is C12H9F3. The van der Waals surface area contributed by atoms with E-state index in [1.165, 1.54) is 12.1 Å². The van der Waals surface area contributed by atoms with Crippen molar-refractivity contribution in [1.82, 2.24) is 0 Å². The normalized spacial score (nSPS) is 16.1. The summed E-state index contributed by atoms with van der Waals surface area (Å²) in [6, 6.07) is 4.10. The molecule has 1 aliphatic rings. The van der Waals surface area contributed by atoms with Gasteiger partial charge in [0.2, 0.25) is 0 Å². The Morgan fingerprint density at radius 2 is 1.93 bits per heavy atom. The molecule has 0 N–H and O–H groups in total. The Morgan fingerprint density at radius 3 is 2.40 bits per heavy atom. The molecule has 0 aliphatic heterocycles. The van der Waals surface area contributed by atoms with Gasteiger partial charge in [-0.2, -0.15) is 13.2 Å². The molecule has 1 aromatic carbocycles. The zero-order valence-electron chi connectivity index (χ0n) is 7.93. The maximum absolute atomic E-state index is 12.5. The monoisotopic (exact) mass is 210 g/mol. The lowest BCUT2D eigenvalue weighted by Gasteiger charge is -2.10. The molecule has 0 atom stereocenters. The molecule has 0 spiro atoms. The van der Waals surface area contributed by atoms with Gasteiger partial charge in [-0.05, 0) is 36.5 Å². The second kappa shape index (κ2) is 3.30. The Labute approximate surface area is 86.1 Å². The summed E-state index contributed by atoms with van der Waals surface area (Å²) in [4.78, 5) is 0. The molecule has 0 saturated heterocycles. The lowest BCUT2D eigenvalue weighted by atomic mass is 10.0. The maximum Gasteiger partial charge on any atom is 0.417 e. The Morgan fingerprint density at radius 1 is 1.27 bits per heavy atom. The van der Waals surface area contributed by atoms with Crippen molar-refractivity contribution >= 4 is 0 Å². The summed E-state index contributed by atoms with van der Waals surface area (Å²) < 4.78 is 37.5. The molecule has 1 aromatic rings. The summed E-state index contributed by atoms with van der Waals surface area (Å²) in [5.41, 5.74) is 0.164. The first-order chi connectivity index (χ1) is 7.02. The molecule has 2 rings (SSSR count). The van der Waals surface area contributed by atoms with E-state index in [2.05, 4.69) is 5.92 Å². The lowest BCUT2D eigenvalue weighted by Crippen LogP contribution is -2.07. The molecular weight excluding hydrogens is 201 g/mol. The first-order valence-electron chi connectivity index (χ1n) is 4.70. The fourth-order valence-electron chi connectivity index (χ4n) is 1.60. The van der Waals surface area contributed by atoms with E-state index in [9.17, 15) is 13.2 Å². The van der Waals surface area contributed by atoms with Gasteiger partial charge in [-0.3, -0.25) is 0 Å². The van der Waals surface area contributed by atoms with E-state index in [1.54, 1.807) is 0 Å². The molecule has 3 heteroatoms. The van der Waals surface area contributed by atoms with E-state index >= 15 is 0 Å². The van der Waals surface area contributed by atoms with Gasteiger partial charge in [-0.15, -0.1) is 6.42 Å². The number of alkyl halides is 3. The smallest absolute Gasteiger partial charge is 0.166 e. The van der Waals surface area contributed by atoms with E-state index in [4.69, 9.17) is 6.42 Å². The summed E-state index contributed by atoms with van der Waals surface area (Å²) in [7, 11) is 0. The first-order valence-corrected chi connectivity index (χ1v) is 4.70. The summed E-state index contributed by atoms with van der Waals surface area (Å²) in [5.74, 6) is 2.52. The molecule has 0 aromatic heterocycles. The van der Waals surface area contributed by atoms with Crippen molar-refractivity contribution in [3.05, 3.63) is 34.9 Å². The van der Waals surface area contributed by atoms with Gasteiger partial charge in [0.1, 0.15) is 0 Å². The van der Waals surface area contributed by atoms with E-state index in [0.29, 0.717) is 5.92 Å². The number of benzene rings is 1. The largest absolute Gasteiger partial charge is 0.417 e. The molecule has 0 amide bonds. The molecule has 0 unspecified atom stereocenters. The predicted octanol–water partition coefficient (Wildman–Crippen LogP) is 3.56. The van der Waals surface area contributed by atoms with Crippen LogP contribution < -0.4 is 0 Å². The van der Waals surface area contributed by atoms with Crippen molar-refractivity contribution in [1.29, 1.82) is 0 Å². The molecule has 15 heavy (non-hydrogen) atoms. The fourth-order valence-corrected chi connectivity index (χ4v) is 1.60. The zero-order valence-corrected chi connectivity index (χ0v) is 7.93. The van der Waals surface area contributed by atoms with Crippen LogP contribution in [0, 0.1) is 12.3 Å². The highest BCUT2D eigenvalue weighted by Gasteiger charge is 2.34. The van der Waals surface area contributed by atoms with Crippen LogP contribution in [0.1, 0.15) is 35.4 Å². The third kappa shape index (κ3) is 1.99. The van der Waals surface area contributed by atoms with Gasteiger partial charge in [0.25, 0.3) is 0 Å². The van der Waals surface area contributed by atoms with Crippen LogP contribution in [0.5, 0.6) is 0 Å². The topological polar surface area (TPSA) is 0 Å². The number of hydrogen-bond donors (Lipinski definition) is 0. The van der Waals surface area contributed by atoms with E-state index in [-0.39, 0.29) is 5.56 Å². The van der Waals surface area contributed by atoms with E-state index in [0.717, 1.165) is 24.5 Å². The van der Waals surface area contributed by atoms with Crippen LogP contribution in [-0.4, -0.2) is 0 Å². The van der Waals surface area contributed by atoms with Crippen molar-refractivity contribution < 1.29 is 13.2 Å². The highest BCUT2D eigenvalue weighted by Crippen LogP contribution is 2.42. The van der Waals surface area contributed by atoms with Gasteiger partial charge in [0, 0.05) is 5.56 Å². The number of terminal acetylenes is 1. The standard InChI is InChI=1S/C12H9F3/c1-2-8-7-10(9-3-4-9)5-6-11(8)12(13,14)15/h1,5-7,9H,3-4H2. The zero-order chi connectivity index (χ0) is 11.1. The molecule has 78 valence electrons. The van der Waals surface area contributed by atoms with Crippen molar-refractivity contribution in [3.8, 4) is 12.3 Å². The Hall–Kier alpha value is -1.43. The minimum Gasteiger partial charge on any atom is -0.166 e. The first kappa shape index (κ1) is 10.1. The summed E-state index contributed by atoms with van der Waals surface area (Å²) in [6.45, 7) is 0. The lowest BCUT2D eigenvalue weighted by molar-refractivity contribution is -0.137. The highest BCUT2D eigenvalue weighted by atomic mass is 19.4. The molecule has 1 fully saturated rings. The molecule has 0 bridgehead atoms. The van der Waals surface area contributed by atoms with Crippen LogP contribution >= 0.6 is 0 Å². The third-order valence-electron chi connectivity index (χ3n) is 2.55. The second-order valence-electron chi connectivity index (χ2n) is 3.72. The average molecular weight is 210 g/mol. The van der Waals surface area contributed by atoms with E-state index < -0.39 is 11.7 Å². The van der Waals surface area contributed by atoms with Crippen LogP contribution in [0.2, 0.25) is 0 Å². The Bertz CT molecular complexity index is 419. The van der Waals surface area contributed by atoms with Gasteiger partial charge in [0.15, 0.2) is 0 Å². The van der Waals surface area contributed by atoms with Crippen LogP contribution in [0.3, 0.4) is 0 Å². The van der Waals surface area contributed by atoms with Gasteiger partial charge in [0.05, 0.1) is 5.56 Å². The number of halogens is 3. The van der Waals surface area contributed by atoms with Crippen LogP contribution in [0.4, 0.5) is 13.2 Å². The van der Waals surface area contributed by atoms with E-state index in [1.807, 2.05) is 0 Å². The van der Waals surface area contributed by atoms with Gasteiger partial charge in [-0.1, -0.05) is 12.0 Å². The quantitative estimate of drug-likeness (QED) is 0.621.